The molecule has 2 aromatic rings. The molecule has 0 unspecified atom stereocenters. The highest BCUT2D eigenvalue weighted by molar-refractivity contribution is 5.46. The van der Waals surface area contributed by atoms with Crippen LogP contribution in [0.4, 0.5) is 5.69 Å². The van der Waals surface area contributed by atoms with Gasteiger partial charge in [0.05, 0.1) is 13.2 Å². The van der Waals surface area contributed by atoms with E-state index in [0.29, 0.717) is 6.61 Å². The van der Waals surface area contributed by atoms with Crippen LogP contribution in [0, 0.1) is 0 Å². The van der Waals surface area contributed by atoms with Gasteiger partial charge in [0.15, 0.2) is 0 Å². The highest BCUT2D eigenvalue weighted by Crippen LogP contribution is 2.16. The Bertz CT molecular complexity index is 462. The molecule has 0 radical (unpaired) electrons. The molecule has 4 heteroatoms. The van der Waals surface area contributed by atoms with E-state index < -0.39 is 0 Å². The summed E-state index contributed by atoms with van der Waals surface area (Å²) in [4.78, 5) is 4.25. The molecule has 0 aliphatic carbocycles. The second kappa shape index (κ2) is 5.39. The Hall–Kier alpha value is -1.97. The molecule has 1 aromatic carbocycles. The number of aromatic nitrogens is 2. The molecular weight excluding hydrogens is 214 g/mol. The quantitative estimate of drug-likeness (QED) is 0.859. The maximum absolute atomic E-state index is 5.39. The van der Waals surface area contributed by atoms with Crippen LogP contribution in [0.3, 0.4) is 0 Å². The van der Waals surface area contributed by atoms with Crippen LogP contribution < -0.4 is 10.1 Å². The number of benzene rings is 1. The minimum Gasteiger partial charge on any atom is -0.494 e. The van der Waals surface area contributed by atoms with E-state index in [1.807, 2.05) is 49.0 Å². The van der Waals surface area contributed by atoms with Crippen molar-refractivity contribution in [2.75, 3.05) is 11.9 Å². The highest BCUT2D eigenvalue weighted by atomic mass is 16.5. The minimum atomic E-state index is 0.694. The van der Waals surface area contributed by atoms with Gasteiger partial charge < -0.3 is 14.6 Å². The van der Waals surface area contributed by atoms with Crippen LogP contribution in [-0.4, -0.2) is 16.2 Å². The summed E-state index contributed by atoms with van der Waals surface area (Å²) in [6.45, 7) is 3.39. The van der Waals surface area contributed by atoms with Crippen LogP contribution in [0.1, 0.15) is 12.7 Å². The van der Waals surface area contributed by atoms with Crippen molar-refractivity contribution in [1.29, 1.82) is 0 Å². The van der Waals surface area contributed by atoms with Crippen molar-refractivity contribution in [2.24, 2.45) is 7.05 Å². The zero-order chi connectivity index (χ0) is 12.1. The predicted octanol–water partition coefficient (Wildman–Crippen LogP) is 2.43. The van der Waals surface area contributed by atoms with Crippen LogP contribution >= 0.6 is 0 Å². The third-order valence-electron chi connectivity index (χ3n) is 2.54. The second-order valence-electron chi connectivity index (χ2n) is 3.77. The van der Waals surface area contributed by atoms with E-state index in [-0.39, 0.29) is 0 Å². The smallest absolute Gasteiger partial charge is 0.127 e. The molecule has 0 fully saturated rings. The lowest BCUT2D eigenvalue weighted by atomic mass is 10.3. The normalized spacial score (nSPS) is 10.2. The van der Waals surface area contributed by atoms with Crippen LogP contribution in [0.15, 0.2) is 36.7 Å². The number of rotatable bonds is 5. The summed E-state index contributed by atoms with van der Waals surface area (Å²) in [6, 6.07) is 7.94. The average molecular weight is 231 g/mol. The Kier molecular flexibility index (Phi) is 3.65. The third kappa shape index (κ3) is 3.00. The van der Waals surface area contributed by atoms with Crippen molar-refractivity contribution in [3.05, 3.63) is 42.5 Å². The Morgan fingerprint density at radius 3 is 2.65 bits per heavy atom. The van der Waals surface area contributed by atoms with Gasteiger partial charge in [-0.3, -0.25) is 0 Å². The van der Waals surface area contributed by atoms with Gasteiger partial charge >= 0.3 is 0 Å². The van der Waals surface area contributed by atoms with E-state index >= 15 is 0 Å². The van der Waals surface area contributed by atoms with Crippen molar-refractivity contribution in [2.45, 2.75) is 13.5 Å². The maximum atomic E-state index is 5.39. The van der Waals surface area contributed by atoms with Crippen molar-refractivity contribution in [3.8, 4) is 5.75 Å². The number of aryl methyl sites for hydroxylation is 1. The Balaban J connectivity index is 1.93. The van der Waals surface area contributed by atoms with E-state index in [0.717, 1.165) is 23.8 Å². The first kappa shape index (κ1) is 11.5. The fourth-order valence-corrected chi connectivity index (χ4v) is 1.58. The van der Waals surface area contributed by atoms with Crippen molar-refractivity contribution >= 4 is 5.69 Å². The molecular formula is C13H17N3O. The number of imidazole rings is 1. The number of hydrogen-bond donors (Lipinski definition) is 1. The van der Waals surface area contributed by atoms with Gasteiger partial charge in [0, 0.05) is 25.1 Å². The zero-order valence-corrected chi connectivity index (χ0v) is 10.2. The molecule has 0 amide bonds. The fraction of sp³-hybridized carbons (Fsp3) is 0.308. The Morgan fingerprint density at radius 2 is 2.06 bits per heavy atom. The van der Waals surface area contributed by atoms with Crippen LogP contribution in [0.25, 0.3) is 0 Å². The van der Waals surface area contributed by atoms with Gasteiger partial charge in [-0.15, -0.1) is 0 Å². The third-order valence-corrected chi connectivity index (χ3v) is 2.54. The van der Waals surface area contributed by atoms with Crippen LogP contribution in [0.5, 0.6) is 5.75 Å². The molecule has 0 spiro atoms. The van der Waals surface area contributed by atoms with Gasteiger partial charge in [-0.1, -0.05) is 0 Å². The lowest BCUT2D eigenvalue weighted by Gasteiger charge is -2.08. The fourth-order valence-electron chi connectivity index (χ4n) is 1.58. The Labute approximate surface area is 101 Å². The molecule has 1 heterocycles. The van der Waals surface area contributed by atoms with E-state index in [1.165, 1.54) is 0 Å². The van der Waals surface area contributed by atoms with Gasteiger partial charge in [0.2, 0.25) is 0 Å². The number of hydrogen-bond acceptors (Lipinski definition) is 3. The molecule has 0 atom stereocenters. The zero-order valence-electron chi connectivity index (χ0n) is 10.2. The first-order valence-corrected chi connectivity index (χ1v) is 5.72. The standard InChI is InChI=1S/C13H17N3O/c1-3-17-12-6-4-11(5-7-12)15-10-13-14-8-9-16(13)2/h4-9,15H,3,10H2,1-2H3. The monoisotopic (exact) mass is 231 g/mol. The first-order chi connectivity index (χ1) is 8.29. The SMILES string of the molecule is CCOc1ccc(NCc2nccn2C)cc1. The number of anilines is 1. The van der Waals surface area contributed by atoms with Gasteiger partial charge in [0.25, 0.3) is 0 Å². The van der Waals surface area contributed by atoms with Crippen molar-refractivity contribution < 1.29 is 4.74 Å². The summed E-state index contributed by atoms with van der Waals surface area (Å²) < 4.78 is 7.39. The lowest BCUT2D eigenvalue weighted by Crippen LogP contribution is -2.05. The van der Waals surface area contributed by atoms with E-state index in [9.17, 15) is 0 Å². The molecule has 0 aliphatic rings. The predicted molar refractivity (Wildman–Crippen MR) is 68.1 cm³/mol. The summed E-state index contributed by atoms with van der Waals surface area (Å²) in [5.74, 6) is 1.91. The maximum Gasteiger partial charge on any atom is 0.127 e. The van der Waals surface area contributed by atoms with Gasteiger partial charge in [0.1, 0.15) is 11.6 Å². The van der Waals surface area contributed by atoms with Crippen LogP contribution in [-0.2, 0) is 13.6 Å². The van der Waals surface area contributed by atoms with E-state index in [4.69, 9.17) is 4.74 Å². The van der Waals surface area contributed by atoms with E-state index in [2.05, 4.69) is 10.3 Å². The molecule has 90 valence electrons. The van der Waals surface area contributed by atoms with Crippen LogP contribution in [0.2, 0.25) is 0 Å². The minimum absolute atomic E-state index is 0.694. The summed E-state index contributed by atoms with van der Waals surface area (Å²) in [5.41, 5.74) is 1.07. The van der Waals surface area contributed by atoms with E-state index in [1.54, 1.807) is 6.20 Å². The van der Waals surface area contributed by atoms with Crippen molar-refractivity contribution in [3.63, 3.8) is 0 Å². The summed E-state index contributed by atoms with van der Waals surface area (Å²) in [7, 11) is 1.99. The molecule has 17 heavy (non-hydrogen) atoms. The summed E-state index contributed by atoms with van der Waals surface area (Å²) >= 11 is 0. The van der Waals surface area contributed by atoms with Gasteiger partial charge in [-0.05, 0) is 31.2 Å². The number of nitrogens with one attached hydrogen (secondary N) is 1. The number of ether oxygens (including phenoxy) is 1. The summed E-state index contributed by atoms with van der Waals surface area (Å²) in [6.07, 6.45) is 3.74. The molecule has 4 nitrogen and oxygen atoms in total. The molecule has 0 aliphatic heterocycles. The summed E-state index contributed by atoms with van der Waals surface area (Å²) in [5, 5.41) is 3.32. The number of nitrogens with zero attached hydrogens (tertiary/aromatic N) is 2. The lowest BCUT2D eigenvalue weighted by molar-refractivity contribution is 0.340. The highest BCUT2D eigenvalue weighted by Gasteiger charge is 1.99. The largest absolute Gasteiger partial charge is 0.494 e. The molecule has 1 aromatic heterocycles. The molecule has 1 N–H and O–H groups in total. The van der Waals surface area contributed by atoms with Gasteiger partial charge in [-0.2, -0.15) is 0 Å². The molecule has 2 rings (SSSR count). The average Bonchev–Trinajstić information content (AvgIpc) is 2.75. The van der Waals surface area contributed by atoms with Gasteiger partial charge in [-0.25, -0.2) is 4.98 Å². The Morgan fingerprint density at radius 1 is 1.29 bits per heavy atom. The molecule has 0 saturated heterocycles. The second-order valence-corrected chi connectivity index (χ2v) is 3.77. The van der Waals surface area contributed by atoms with Crippen molar-refractivity contribution in [1.82, 2.24) is 9.55 Å². The molecule has 0 saturated carbocycles. The topological polar surface area (TPSA) is 39.1 Å². The first-order valence-electron chi connectivity index (χ1n) is 5.72. The molecule has 0 bridgehead atoms.